The first-order valence-electron chi connectivity index (χ1n) is 6.41. The van der Waals surface area contributed by atoms with Gasteiger partial charge in [-0.3, -0.25) is 0 Å². The van der Waals surface area contributed by atoms with Gasteiger partial charge in [-0.05, 0) is 43.0 Å². The second-order valence-corrected chi connectivity index (χ2v) is 9.18. The van der Waals surface area contributed by atoms with Gasteiger partial charge >= 0.3 is 0 Å². The van der Waals surface area contributed by atoms with Crippen molar-refractivity contribution in [1.29, 1.82) is 0 Å². The van der Waals surface area contributed by atoms with Gasteiger partial charge in [-0.25, -0.2) is 21.6 Å². The summed E-state index contributed by atoms with van der Waals surface area (Å²) < 4.78 is 54.2. The second-order valence-electron chi connectivity index (χ2n) is 4.84. The lowest BCUT2D eigenvalue weighted by Gasteiger charge is -2.22. The molecule has 0 spiro atoms. The maximum absolute atomic E-state index is 12.1. The summed E-state index contributed by atoms with van der Waals surface area (Å²) in [4.78, 5) is -0.132. The van der Waals surface area contributed by atoms with Crippen molar-refractivity contribution in [3.05, 3.63) is 24.3 Å². The first-order chi connectivity index (χ1) is 9.79. The molecule has 1 saturated heterocycles. The highest BCUT2D eigenvalue weighted by atomic mass is 35.7. The fraction of sp³-hybridized carbons (Fsp3) is 0.500. The Balaban J connectivity index is 2.05. The zero-order chi connectivity index (χ0) is 15.5. The highest BCUT2D eigenvalue weighted by Crippen LogP contribution is 2.18. The largest absolute Gasteiger partial charge is 0.381 e. The molecule has 118 valence electrons. The van der Waals surface area contributed by atoms with Gasteiger partial charge in [0.15, 0.2) is 0 Å². The van der Waals surface area contributed by atoms with Crippen LogP contribution in [0.25, 0.3) is 0 Å². The second kappa shape index (κ2) is 6.62. The molecule has 6 nitrogen and oxygen atoms in total. The monoisotopic (exact) mass is 353 g/mol. The maximum atomic E-state index is 12.1. The van der Waals surface area contributed by atoms with Gasteiger partial charge < -0.3 is 4.74 Å². The van der Waals surface area contributed by atoms with Crippen LogP contribution in [0.5, 0.6) is 0 Å². The lowest BCUT2D eigenvalue weighted by molar-refractivity contribution is 0.0568. The molecule has 1 N–H and O–H groups in total. The van der Waals surface area contributed by atoms with E-state index in [1.165, 1.54) is 24.3 Å². The van der Waals surface area contributed by atoms with Crippen LogP contribution in [0.1, 0.15) is 12.8 Å². The van der Waals surface area contributed by atoms with E-state index in [-0.39, 0.29) is 15.7 Å². The Labute approximate surface area is 128 Å². The summed E-state index contributed by atoms with van der Waals surface area (Å²) in [5, 5.41) is 0. The summed E-state index contributed by atoms with van der Waals surface area (Å²) in [5.41, 5.74) is 0. The zero-order valence-electron chi connectivity index (χ0n) is 11.2. The first kappa shape index (κ1) is 16.7. The Morgan fingerprint density at radius 3 is 2.29 bits per heavy atom. The molecule has 21 heavy (non-hydrogen) atoms. The third-order valence-electron chi connectivity index (χ3n) is 3.23. The standard InChI is InChI=1S/C12H16ClNO5S2/c13-20(15,16)11-3-5-12(6-4-11)21(17,18)14-8-10-2-1-7-19-9-10/h3-6,10,14H,1-2,7-9H2. The third kappa shape index (κ3) is 4.65. The van der Waals surface area contributed by atoms with E-state index in [2.05, 4.69) is 4.72 Å². The molecule has 1 heterocycles. The van der Waals surface area contributed by atoms with Crippen LogP contribution < -0.4 is 4.72 Å². The lowest BCUT2D eigenvalue weighted by Crippen LogP contribution is -2.33. The SMILES string of the molecule is O=S(=O)(Cl)c1ccc(S(=O)(=O)NCC2CCCOC2)cc1. The minimum Gasteiger partial charge on any atom is -0.381 e. The number of benzene rings is 1. The van der Waals surface area contributed by atoms with E-state index in [1.54, 1.807) is 0 Å². The molecule has 0 saturated carbocycles. The number of halogens is 1. The average molecular weight is 354 g/mol. The van der Waals surface area contributed by atoms with Gasteiger partial charge in [0.2, 0.25) is 10.0 Å². The molecular weight excluding hydrogens is 338 g/mol. The van der Waals surface area contributed by atoms with Crippen LogP contribution in [-0.2, 0) is 23.8 Å². The lowest BCUT2D eigenvalue weighted by atomic mass is 10.0. The minimum atomic E-state index is -3.85. The van der Waals surface area contributed by atoms with E-state index in [4.69, 9.17) is 15.4 Å². The quantitative estimate of drug-likeness (QED) is 0.806. The van der Waals surface area contributed by atoms with E-state index in [1.807, 2.05) is 0 Å². The van der Waals surface area contributed by atoms with Crippen LogP contribution in [0.4, 0.5) is 0 Å². The fourth-order valence-corrected chi connectivity index (χ4v) is 3.95. The Kier molecular flexibility index (Phi) is 5.26. The van der Waals surface area contributed by atoms with Crippen LogP contribution in [0.15, 0.2) is 34.1 Å². The van der Waals surface area contributed by atoms with Crippen LogP contribution in [0.2, 0.25) is 0 Å². The highest BCUT2D eigenvalue weighted by molar-refractivity contribution is 8.13. The van der Waals surface area contributed by atoms with Crippen molar-refractivity contribution < 1.29 is 21.6 Å². The average Bonchev–Trinajstić information content (AvgIpc) is 2.46. The van der Waals surface area contributed by atoms with Crippen LogP contribution in [-0.4, -0.2) is 36.6 Å². The number of rotatable bonds is 5. The number of ether oxygens (including phenoxy) is 1. The maximum Gasteiger partial charge on any atom is 0.261 e. The number of nitrogens with one attached hydrogen (secondary N) is 1. The zero-order valence-corrected chi connectivity index (χ0v) is 13.5. The first-order valence-corrected chi connectivity index (χ1v) is 10.2. The number of hydrogen-bond acceptors (Lipinski definition) is 5. The van der Waals surface area contributed by atoms with Gasteiger partial charge in [0, 0.05) is 23.8 Å². The summed E-state index contributed by atoms with van der Waals surface area (Å²) in [6, 6.07) is 4.77. The summed E-state index contributed by atoms with van der Waals surface area (Å²) in [5.74, 6) is 0.163. The summed E-state index contributed by atoms with van der Waals surface area (Å²) in [6.45, 7) is 1.57. The normalized spacial score (nSPS) is 20.3. The molecule has 0 radical (unpaired) electrons. The Morgan fingerprint density at radius 1 is 1.14 bits per heavy atom. The molecule has 0 amide bonds. The van der Waals surface area contributed by atoms with Crippen LogP contribution in [0.3, 0.4) is 0 Å². The van der Waals surface area contributed by atoms with Crippen LogP contribution >= 0.6 is 10.7 Å². The van der Waals surface area contributed by atoms with Crippen LogP contribution in [0, 0.1) is 5.92 Å². The molecule has 1 atom stereocenters. The molecule has 1 aliphatic rings. The van der Waals surface area contributed by atoms with E-state index in [0.29, 0.717) is 13.2 Å². The minimum absolute atomic E-state index is 0.00305. The predicted octanol–water partition coefficient (Wildman–Crippen LogP) is 1.32. The van der Waals surface area contributed by atoms with E-state index < -0.39 is 19.1 Å². The van der Waals surface area contributed by atoms with E-state index >= 15 is 0 Å². The van der Waals surface area contributed by atoms with Crippen molar-refractivity contribution in [3.8, 4) is 0 Å². The van der Waals surface area contributed by atoms with Crippen molar-refractivity contribution in [3.63, 3.8) is 0 Å². The predicted molar refractivity (Wildman–Crippen MR) is 78.2 cm³/mol. The molecule has 2 rings (SSSR count). The van der Waals surface area contributed by atoms with E-state index in [0.717, 1.165) is 19.4 Å². The molecule has 1 aliphatic heterocycles. The molecule has 1 aromatic rings. The van der Waals surface area contributed by atoms with Gasteiger partial charge in [0.1, 0.15) is 0 Å². The van der Waals surface area contributed by atoms with Gasteiger partial charge in [0.05, 0.1) is 16.4 Å². The molecular formula is C12H16ClNO5S2. The Bertz CT molecular complexity index is 679. The number of hydrogen-bond donors (Lipinski definition) is 1. The smallest absolute Gasteiger partial charge is 0.261 e. The van der Waals surface area contributed by atoms with Crippen molar-refractivity contribution in [2.24, 2.45) is 5.92 Å². The van der Waals surface area contributed by atoms with Gasteiger partial charge in [-0.2, -0.15) is 0 Å². The van der Waals surface area contributed by atoms with Gasteiger partial charge in [-0.15, -0.1) is 0 Å². The van der Waals surface area contributed by atoms with Crippen molar-refractivity contribution in [2.45, 2.75) is 22.6 Å². The molecule has 1 fully saturated rings. The Hall–Kier alpha value is -0.670. The molecule has 1 unspecified atom stereocenters. The molecule has 0 aromatic heterocycles. The van der Waals surface area contributed by atoms with E-state index in [9.17, 15) is 16.8 Å². The van der Waals surface area contributed by atoms with Crippen molar-refractivity contribution >= 4 is 29.8 Å². The fourth-order valence-electron chi connectivity index (χ4n) is 2.06. The Morgan fingerprint density at radius 2 is 1.76 bits per heavy atom. The number of sulfonamides is 1. The topological polar surface area (TPSA) is 89.5 Å². The molecule has 0 bridgehead atoms. The van der Waals surface area contributed by atoms with Crippen molar-refractivity contribution in [1.82, 2.24) is 4.72 Å². The molecule has 0 aliphatic carbocycles. The molecule has 1 aromatic carbocycles. The van der Waals surface area contributed by atoms with Gasteiger partial charge in [-0.1, -0.05) is 0 Å². The van der Waals surface area contributed by atoms with Gasteiger partial charge in [0.25, 0.3) is 9.05 Å². The summed E-state index contributed by atoms with van der Waals surface area (Å²) in [7, 11) is -2.34. The summed E-state index contributed by atoms with van der Waals surface area (Å²) in [6.07, 6.45) is 1.85. The molecule has 9 heteroatoms. The third-order valence-corrected chi connectivity index (χ3v) is 6.04. The summed E-state index contributed by atoms with van der Waals surface area (Å²) >= 11 is 0. The van der Waals surface area contributed by atoms with Crippen molar-refractivity contribution in [2.75, 3.05) is 19.8 Å². The highest BCUT2D eigenvalue weighted by Gasteiger charge is 2.20.